The van der Waals surface area contributed by atoms with Crippen LogP contribution in [0.1, 0.15) is 10.5 Å². The second-order valence-corrected chi connectivity index (χ2v) is 3.72. The fourth-order valence-corrected chi connectivity index (χ4v) is 1.76. The summed E-state index contributed by atoms with van der Waals surface area (Å²) in [5.41, 5.74) is 7.40. The van der Waals surface area contributed by atoms with Gasteiger partial charge in [0.1, 0.15) is 5.69 Å². The number of rotatable bonds is 2. The van der Waals surface area contributed by atoms with Crippen LogP contribution in [0.2, 0.25) is 0 Å². The van der Waals surface area contributed by atoms with Gasteiger partial charge in [0.05, 0.1) is 11.0 Å². The Kier molecular flexibility index (Phi) is 2.26. The average Bonchev–Trinajstić information content (AvgIpc) is 2.82. The highest BCUT2D eigenvalue weighted by molar-refractivity contribution is 5.96. The fraction of sp³-hybridized carbons (Fsp3) is 0. The summed E-state index contributed by atoms with van der Waals surface area (Å²) in [5.74, 6) is -0.142. The van der Waals surface area contributed by atoms with Gasteiger partial charge in [0.2, 0.25) is 0 Å². The Labute approximate surface area is 102 Å². The summed E-state index contributed by atoms with van der Waals surface area (Å²) >= 11 is 0. The quantitative estimate of drug-likeness (QED) is 0.700. The monoisotopic (exact) mass is 239 g/mol. The second-order valence-electron chi connectivity index (χ2n) is 3.72. The summed E-state index contributed by atoms with van der Waals surface area (Å²) in [6.45, 7) is 0. The molecule has 0 atom stereocenters. The molecule has 0 aliphatic rings. The second kappa shape index (κ2) is 3.92. The Morgan fingerprint density at radius 1 is 1.17 bits per heavy atom. The molecule has 0 aliphatic carbocycles. The number of H-pyrrole nitrogens is 1. The lowest BCUT2D eigenvalue weighted by atomic mass is 10.3. The summed E-state index contributed by atoms with van der Waals surface area (Å²) < 4.78 is 0. The van der Waals surface area contributed by atoms with E-state index in [1.165, 1.54) is 12.4 Å². The van der Waals surface area contributed by atoms with Crippen LogP contribution in [0.15, 0.2) is 36.7 Å². The Hall–Kier alpha value is -2.76. The minimum absolute atomic E-state index is 0.108. The van der Waals surface area contributed by atoms with E-state index >= 15 is 0 Å². The number of benzene rings is 1. The number of carbonyl (C=O) groups excluding carboxylic acids is 1. The topological polar surface area (TPSA) is 97.6 Å². The molecule has 0 bridgehead atoms. The van der Waals surface area contributed by atoms with Crippen molar-refractivity contribution in [3.63, 3.8) is 0 Å². The molecule has 3 aromatic rings. The first-order valence-corrected chi connectivity index (χ1v) is 5.31. The van der Waals surface area contributed by atoms with E-state index in [0.717, 1.165) is 11.0 Å². The molecule has 6 heteroatoms. The molecular formula is C12H9N5O. The van der Waals surface area contributed by atoms with Crippen LogP contribution in [0.4, 0.5) is 0 Å². The van der Waals surface area contributed by atoms with Crippen molar-refractivity contribution in [2.75, 3.05) is 0 Å². The first kappa shape index (κ1) is 10.4. The number of imidazole rings is 1. The SMILES string of the molecule is NC(=O)c1nccnc1-c1nc2ccccc2[nH]1. The van der Waals surface area contributed by atoms with Crippen molar-refractivity contribution >= 4 is 16.9 Å². The average molecular weight is 239 g/mol. The summed E-state index contributed by atoms with van der Waals surface area (Å²) in [5, 5.41) is 0. The summed E-state index contributed by atoms with van der Waals surface area (Å²) in [6.07, 6.45) is 2.92. The van der Waals surface area contributed by atoms with E-state index < -0.39 is 5.91 Å². The van der Waals surface area contributed by atoms with E-state index in [0.29, 0.717) is 11.5 Å². The Balaban J connectivity index is 2.23. The standard InChI is InChI=1S/C12H9N5O/c13-11(18)9-10(15-6-5-14-9)12-16-7-3-1-2-4-8(7)17-12/h1-6H,(H2,13,18)(H,16,17). The van der Waals surface area contributed by atoms with Crippen molar-refractivity contribution in [2.24, 2.45) is 5.73 Å². The number of hydrogen-bond acceptors (Lipinski definition) is 4. The van der Waals surface area contributed by atoms with Gasteiger partial charge in [0, 0.05) is 12.4 Å². The Morgan fingerprint density at radius 3 is 2.72 bits per heavy atom. The normalized spacial score (nSPS) is 10.7. The van der Waals surface area contributed by atoms with Gasteiger partial charge in [0.25, 0.3) is 5.91 Å². The van der Waals surface area contributed by atoms with E-state index in [-0.39, 0.29) is 5.69 Å². The van der Waals surface area contributed by atoms with E-state index in [4.69, 9.17) is 5.73 Å². The van der Waals surface area contributed by atoms with Crippen LogP contribution < -0.4 is 5.73 Å². The van der Waals surface area contributed by atoms with Crippen molar-refractivity contribution in [1.29, 1.82) is 0 Å². The maximum absolute atomic E-state index is 11.3. The van der Waals surface area contributed by atoms with Crippen LogP contribution in [0, 0.1) is 0 Å². The molecule has 2 aromatic heterocycles. The number of nitrogens with zero attached hydrogens (tertiary/aromatic N) is 3. The first-order chi connectivity index (χ1) is 8.75. The third-order valence-corrected chi connectivity index (χ3v) is 2.55. The molecule has 1 aromatic carbocycles. The molecule has 0 fully saturated rings. The van der Waals surface area contributed by atoms with Gasteiger partial charge in [-0.05, 0) is 12.1 Å². The smallest absolute Gasteiger partial charge is 0.269 e. The predicted octanol–water partition coefficient (Wildman–Crippen LogP) is 1.12. The van der Waals surface area contributed by atoms with Gasteiger partial charge in [-0.25, -0.2) is 15.0 Å². The van der Waals surface area contributed by atoms with Crippen molar-refractivity contribution in [3.8, 4) is 11.5 Å². The lowest BCUT2D eigenvalue weighted by Gasteiger charge is -2.00. The molecule has 18 heavy (non-hydrogen) atoms. The number of aromatic nitrogens is 4. The third kappa shape index (κ3) is 1.60. The molecule has 0 aliphatic heterocycles. The van der Waals surface area contributed by atoms with Gasteiger partial charge in [-0.2, -0.15) is 0 Å². The Bertz CT molecular complexity index is 701. The highest BCUT2D eigenvalue weighted by Crippen LogP contribution is 2.20. The van der Waals surface area contributed by atoms with Gasteiger partial charge in [0.15, 0.2) is 11.5 Å². The predicted molar refractivity (Wildman–Crippen MR) is 65.6 cm³/mol. The van der Waals surface area contributed by atoms with Gasteiger partial charge >= 0.3 is 0 Å². The number of primary amides is 1. The molecule has 2 heterocycles. The van der Waals surface area contributed by atoms with E-state index in [1.807, 2.05) is 24.3 Å². The maximum atomic E-state index is 11.3. The lowest BCUT2D eigenvalue weighted by Crippen LogP contribution is -2.15. The third-order valence-electron chi connectivity index (χ3n) is 2.55. The highest BCUT2D eigenvalue weighted by atomic mass is 16.1. The van der Waals surface area contributed by atoms with E-state index in [9.17, 15) is 4.79 Å². The van der Waals surface area contributed by atoms with Crippen LogP contribution in [0.3, 0.4) is 0 Å². The zero-order chi connectivity index (χ0) is 12.5. The molecular weight excluding hydrogens is 230 g/mol. The number of aromatic amines is 1. The number of fused-ring (bicyclic) bond motifs is 1. The minimum Gasteiger partial charge on any atom is -0.364 e. The lowest BCUT2D eigenvalue weighted by molar-refractivity contribution is 0.0996. The molecule has 0 radical (unpaired) electrons. The summed E-state index contributed by atoms with van der Waals surface area (Å²) in [7, 11) is 0. The molecule has 3 N–H and O–H groups in total. The van der Waals surface area contributed by atoms with Gasteiger partial charge in [-0.1, -0.05) is 12.1 Å². The minimum atomic E-state index is -0.626. The number of nitrogens with one attached hydrogen (secondary N) is 1. The van der Waals surface area contributed by atoms with Crippen molar-refractivity contribution in [2.45, 2.75) is 0 Å². The van der Waals surface area contributed by atoms with Crippen LogP contribution in [-0.2, 0) is 0 Å². The van der Waals surface area contributed by atoms with Crippen LogP contribution in [0.25, 0.3) is 22.6 Å². The molecule has 3 rings (SSSR count). The van der Waals surface area contributed by atoms with Crippen LogP contribution in [-0.4, -0.2) is 25.8 Å². The molecule has 1 amide bonds. The molecule has 6 nitrogen and oxygen atoms in total. The van der Waals surface area contributed by atoms with Crippen LogP contribution >= 0.6 is 0 Å². The largest absolute Gasteiger partial charge is 0.364 e. The number of para-hydroxylation sites is 2. The number of hydrogen-bond donors (Lipinski definition) is 2. The first-order valence-electron chi connectivity index (χ1n) is 5.31. The molecule has 0 spiro atoms. The summed E-state index contributed by atoms with van der Waals surface area (Å²) in [4.78, 5) is 26.8. The number of nitrogens with two attached hydrogens (primary N) is 1. The van der Waals surface area contributed by atoms with Crippen molar-refractivity contribution in [3.05, 3.63) is 42.4 Å². The van der Waals surface area contributed by atoms with E-state index in [2.05, 4.69) is 19.9 Å². The molecule has 0 unspecified atom stereocenters. The zero-order valence-electron chi connectivity index (χ0n) is 9.29. The highest BCUT2D eigenvalue weighted by Gasteiger charge is 2.15. The molecule has 0 saturated carbocycles. The van der Waals surface area contributed by atoms with Gasteiger partial charge < -0.3 is 10.7 Å². The number of amides is 1. The van der Waals surface area contributed by atoms with Crippen LogP contribution in [0.5, 0.6) is 0 Å². The van der Waals surface area contributed by atoms with Gasteiger partial charge in [-0.15, -0.1) is 0 Å². The fourth-order valence-electron chi connectivity index (χ4n) is 1.76. The van der Waals surface area contributed by atoms with E-state index in [1.54, 1.807) is 0 Å². The number of carbonyl (C=O) groups is 1. The van der Waals surface area contributed by atoms with Crippen molar-refractivity contribution < 1.29 is 4.79 Å². The Morgan fingerprint density at radius 2 is 1.94 bits per heavy atom. The summed E-state index contributed by atoms with van der Waals surface area (Å²) in [6, 6.07) is 7.55. The maximum Gasteiger partial charge on any atom is 0.269 e. The zero-order valence-corrected chi connectivity index (χ0v) is 9.29. The van der Waals surface area contributed by atoms with Gasteiger partial charge in [-0.3, -0.25) is 4.79 Å². The van der Waals surface area contributed by atoms with Crippen molar-refractivity contribution in [1.82, 2.24) is 19.9 Å². The molecule has 0 saturated heterocycles. The molecule has 88 valence electrons.